The first-order valence-corrected chi connectivity index (χ1v) is 11.5. The molecule has 32 heavy (non-hydrogen) atoms. The van der Waals surface area contributed by atoms with Gasteiger partial charge in [0.2, 0.25) is 0 Å². The van der Waals surface area contributed by atoms with E-state index in [-0.39, 0.29) is 11.9 Å². The van der Waals surface area contributed by atoms with Crippen molar-refractivity contribution >= 4 is 28.7 Å². The summed E-state index contributed by atoms with van der Waals surface area (Å²) in [6.45, 7) is 2.73. The monoisotopic (exact) mass is 441 g/mol. The average molecular weight is 442 g/mol. The van der Waals surface area contributed by atoms with Gasteiger partial charge in [0.25, 0.3) is 5.91 Å². The lowest BCUT2D eigenvalue weighted by atomic mass is 10.1. The number of para-hydroxylation sites is 1. The number of amides is 1. The highest BCUT2D eigenvalue weighted by atomic mass is 32.1. The van der Waals surface area contributed by atoms with Crippen LogP contribution in [0.3, 0.4) is 0 Å². The van der Waals surface area contributed by atoms with Crippen molar-refractivity contribution in [2.45, 2.75) is 25.8 Å². The van der Waals surface area contributed by atoms with Crippen LogP contribution in [0, 0.1) is 6.92 Å². The number of rotatable bonds is 5. The van der Waals surface area contributed by atoms with E-state index in [2.05, 4.69) is 10.3 Å². The van der Waals surface area contributed by atoms with Crippen molar-refractivity contribution in [1.82, 2.24) is 19.9 Å². The second-order valence-electron chi connectivity index (χ2n) is 7.83. The average Bonchev–Trinajstić information content (AvgIpc) is 3.49. The molecule has 1 N–H and O–H groups in total. The number of nitrogens with one attached hydrogen (secondary N) is 1. The first-order chi connectivity index (χ1) is 15.7. The zero-order valence-electron chi connectivity index (χ0n) is 17.7. The number of likely N-dealkylation sites (tertiary alicyclic amines) is 1. The van der Waals surface area contributed by atoms with Gasteiger partial charge in [0, 0.05) is 46.5 Å². The molecule has 160 valence electrons. The van der Waals surface area contributed by atoms with Gasteiger partial charge in [-0.3, -0.25) is 9.78 Å². The summed E-state index contributed by atoms with van der Waals surface area (Å²) in [4.78, 5) is 30.2. The van der Waals surface area contributed by atoms with Crippen LogP contribution in [0.4, 0.5) is 11.5 Å². The molecule has 5 rings (SSSR count). The smallest absolute Gasteiger partial charge is 0.255 e. The Kier molecular flexibility index (Phi) is 5.64. The number of aromatic nitrogens is 3. The maximum absolute atomic E-state index is 13.2. The molecule has 1 aliphatic rings. The van der Waals surface area contributed by atoms with E-state index >= 15 is 0 Å². The number of benzene rings is 1. The largest absolute Gasteiger partial charge is 0.340 e. The third-order valence-electron chi connectivity index (χ3n) is 5.54. The van der Waals surface area contributed by atoms with E-state index in [1.807, 2.05) is 71.8 Å². The molecule has 1 fully saturated rings. The molecule has 0 bridgehead atoms. The number of pyridine rings is 1. The van der Waals surface area contributed by atoms with Gasteiger partial charge >= 0.3 is 0 Å². The zero-order valence-corrected chi connectivity index (χ0v) is 18.5. The molecule has 1 unspecified atom stereocenters. The van der Waals surface area contributed by atoms with E-state index in [4.69, 9.17) is 9.97 Å². The van der Waals surface area contributed by atoms with Crippen LogP contribution in [0.1, 0.15) is 39.9 Å². The fourth-order valence-corrected chi connectivity index (χ4v) is 4.69. The molecular weight excluding hydrogens is 418 g/mol. The SMILES string of the molecule is Cc1cc(C(=O)N2CCCC2c2nc(Nc3ccccc3)cc(-c3cccnc3)n2)cs1. The number of hydrogen-bond acceptors (Lipinski definition) is 6. The van der Waals surface area contributed by atoms with Crippen LogP contribution in [-0.2, 0) is 0 Å². The van der Waals surface area contributed by atoms with Gasteiger partial charge < -0.3 is 10.2 Å². The lowest BCUT2D eigenvalue weighted by molar-refractivity contribution is 0.0730. The van der Waals surface area contributed by atoms with Crippen molar-refractivity contribution in [3.8, 4) is 11.3 Å². The number of hydrogen-bond donors (Lipinski definition) is 1. The third-order valence-corrected chi connectivity index (χ3v) is 6.40. The number of carbonyl (C=O) groups is 1. The van der Waals surface area contributed by atoms with Crippen LogP contribution < -0.4 is 5.32 Å². The highest BCUT2D eigenvalue weighted by Crippen LogP contribution is 2.34. The number of thiophene rings is 1. The van der Waals surface area contributed by atoms with E-state index in [0.29, 0.717) is 18.2 Å². The Balaban J connectivity index is 1.53. The Hall–Kier alpha value is -3.58. The summed E-state index contributed by atoms with van der Waals surface area (Å²) in [5.74, 6) is 1.40. The van der Waals surface area contributed by atoms with Gasteiger partial charge in [-0.2, -0.15) is 0 Å². The molecule has 1 saturated heterocycles. The van der Waals surface area contributed by atoms with Crippen LogP contribution in [0.25, 0.3) is 11.3 Å². The lowest BCUT2D eigenvalue weighted by Crippen LogP contribution is -2.31. The fourth-order valence-electron chi connectivity index (χ4n) is 4.01. The van der Waals surface area contributed by atoms with E-state index in [0.717, 1.165) is 40.2 Å². The fraction of sp³-hybridized carbons (Fsp3) is 0.200. The molecule has 1 aliphatic heterocycles. The summed E-state index contributed by atoms with van der Waals surface area (Å²) < 4.78 is 0. The Morgan fingerprint density at radius 1 is 1.12 bits per heavy atom. The molecule has 0 saturated carbocycles. The number of carbonyl (C=O) groups excluding carboxylic acids is 1. The predicted octanol–water partition coefficient (Wildman–Crippen LogP) is 5.63. The van der Waals surface area contributed by atoms with E-state index in [1.54, 1.807) is 23.7 Å². The minimum atomic E-state index is -0.157. The quantitative estimate of drug-likeness (QED) is 0.435. The number of anilines is 2. The molecule has 0 aliphatic carbocycles. The van der Waals surface area contributed by atoms with Crippen LogP contribution >= 0.6 is 11.3 Å². The van der Waals surface area contributed by atoms with Crippen molar-refractivity contribution in [2.24, 2.45) is 0 Å². The number of nitrogens with zero attached hydrogens (tertiary/aromatic N) is 4. The van der Waals surface area contributed by atoms with Crippen molar-refractivity contribution in [3.63, 3.8) is 0 Å². The molecular formula is C25H23N5OS. The van der Waals surface area contributed by atoms with Gasteiger partial charge in [0.05, 0.1) is 17.3 Å². The molecule has 0 spiro atoms. The maximum atomic E-state index is 13.2. The standard InChI is InChI=1S/C25H23N5OS/c1-17-13-19(16-32-17)25(31)30-12-6-10-22(30)24-28-21(18-7-5-11-26-15-18)14-23(29-24)27-20-8-3-2-4-9-20/h2-5,7-9,11,13-16,22H,6,10,12H2,1H3,(H,27,28,29). The summed E-state index contributed by atoms with van der Waals surface area (Å²) in [5, 5.41) is 5.32. The van der Waals surface area contributed by atoms with Gasteiger partial charge in [-0.1, -0.05) is 18.2 Å². The summed E-state index contributed by atoms with van der Waals surface area (Å²) in [7, 11) is 0. The van der Waals surface area contributed by atoms with E-state index < -0.39 is 0 Å². The van der Waals surface area contributed by atoms with E-state index in [1.165, 1.54) is 0 Å². The van der Waals surface area contributed by atoms with Crippen LogP contribution in [0.5, 0.6) is 0 Å². The minimum absolute atomic E-state index is 0.0461. The van der Waals surface area contributed by atoms with Crippen molar-refractivity contribution in [1.29, 1.82) is 0 Å². The Morgan fingerprint density at radius 2 is 2.00 bits per heavy atom. The van der Waals surface area contributed by atoms with Crippen molar-refractivity contribution in [2.75, 3.05) is 11.9 Å². The zero-order chi connectivity index (χ0) is 21.9. The molecule has 1 amide bonds. The van der Waals surface area contributed by atoms with Crippen LogP contribution in [0.15, 0.2) is 72.4 Å². The van der Waals surface area contributed by atoms with Crippen LogP contribution in [-0.4, -0.2) is 32.3 Å². The predicted molar refractivity (Wildman–Crippen MR) is 127 cm³/mol. The summed E-state index contributed by atoms with van der Waals surface area (Å²) >= 11 is 1.60. The van der Waals surface area contributed by atoms with Crippen molar-refractivity contribution < 1.29 is 4.79 Å². The molecule has 4 heterocycles. The Morgan fingerprint density at radius 3 is 2.75 bits per heavy atom. The highest BCUT2D eigenvalue weighted by molar-refractivity contribution is 7.10. The first kappa shape index (κ1) is 20.3. The molecule has 1 atom stereocenters. The topological polar surface area (TPSA) is 71.0 Å². The molecule has 6 nitrogen and oxygen atoms in total. The second kappa shape index (κ2) is 8.88. The van der Waals surface area contributed by atoms with Crippen LogP contribution in [0.2, 0.25) is 0 Å². The third kappa shape index (κ3) is 4.24. The van der Waals surface area contributed by atoms with Crippen molar-refractivity contribution in [3.05, 3.63) is 88.6 Å². The maximum Gasteiger partial charge on any atom is 0.255 e. The Bertz CT molecular complexity index is 1230. The van der Waals surface area contributed by atoms with E-state index in [9.17, 15) is 4.79 Å². The molecule has 1 aromatic carbocycles. The molecule has 7 heteroatoms. The van der Waals surface area contributed by atoms with Gasteiger partial charge in [-0.15, -0.1) is 11.3 Å². The highest BCUT2D eigenvalue weighted by Gasteiger charge is 2.33. The van der Waals surface area contributed by atoms with Gasteiger partial charge in [-0.25, -0.2) is 9.97 Å². The lowest BCUT2D eigenvalue weighted by Gasteiger charge is -2.24. The molecule has 3 aromatic heterocycles. The normalized spacial score (nSPS) is 15.7. The Labute approximate surface area is 191 Å². The molecule has 0 radical (unpaired) electrons. The minimum Gasteiger partial charge on any atom is -0.340 e. The van der Waals surface area contributed by atoms with Gasteiger partial charge in [0.1, 0.15) is 5.82 Å². The second-order valence-corrected chi connectivity index (χ2v) is 8.95. The first-order valence-electron chi connectivity index (χ1n) is 10.6. The van der Waals surface area contributed by atoms with Gasteiger partial charge in [-0.05, 0) is 50.1 Å². The summed E-state index contributed by atoms with van der Waals surface area (Å²) in [6, 6.07) is 17.5. The molecule has 4 aromatic rings. The van der Waals surface area contributed by atoms with Gasteiger partial charge in [0.15, 0.2) is 5.82 Å². The summed E-state index contributed by atoms with van der Waals surface area (Å²) in [6.07, 6.45) is 5.32. The summed E-state index contributed by atoms with van der Waals surface area (Å²) in [5.41, 5.74) is 3.39. The number of aryl methyl sites for hydroxylation is 1.